The van der Waals surface area contributed by atoms with Gasteiger partial charge >= 0.3 is 0 Å². The van der Waals surface area contributed by atoms with E-state index in [4.69, 9.17) is 0 Å². The number of sulfonamides is 1. The number of imidazole rings is 1. The topological polar surface area (TPSA) is 78.1 Å². The third kappa shape index (κ3) is 4.57. The Labute approximate surface area is 122 Å². The molecule has 0 radical (unpaired) electrons. The van der Waals surface area contributed by atoms with E-state index >= 15 is 0 Å². The maximum Gasteiger partial charge on any atom is 0.257 e. The van der Waals surface area contributed by atoms with Crippen molar-refractivity contribution in [3.63, 3.8) is 0 Å². The predicted molar refractivity (Wildman–Crippen MR) is 80.1 cm³/mol. The van der Waals surface area contributed by atoms with Crippen LogP contribution in [-0.2, 0) is 16.4 Å². The average molecular weight is 302 g/mol. The standard InChI is InChI=1S/C13H26N4O2S/c1-6-12-14-9-13(16-12)20(18,19)15-7-8-17(10(2)3)11(4)5/h9-11,15H,6-8H2,1-5H3,(H,14,16). The van der Waals surface area contributed by atoms with Crippen LogP contribution in [0.4, 0.5) is 0 Å². The summed E-state index contributed by atoms with van der Waals surface area (Å²) in [5.74, 6) is 0.677. The third-order valence-corrected chi connectivity index (χ3v) is 4.59. The molecule has 1 aromatic heterocycles. The fourth-order valence-electron chi connectivity index (χ4n) is 2.16. The maximum atomic E-state index is 12.1. The van der Waals surface area contributed by atoms with E-state index in [9.17, 15) is 8.42 Å². The van der Waals surface area contributed by atoms with Crippen LogP contribution in [0.25, 0.3) is 0 Å². The van der Waals surface area contributed by atoms with E-state index in [1.807, 2.05) is 6.92 Å². The van der Waals surface area contributed by atoms with Crippen molar-refractivity contribution < 1.29 is 8.42 Å². The predicted octanol–water partition coefficient (Wildman–Crippen LogP) is 1.37. The van der Waals surface area contributed by atoms with Crippen molar-refractivity contribution in [2.75, 3.05) is 13.1 Å². The molecule has 0 bridgehead atoms. The molecule has 116 valence electrons. The molecule has 0 fully saturated rings. The van der Waals surface area contributed by atoms with Crippen molar-refractivity contribution in [2.24, 2.45) is 0 Å². The molecular weight excluding hydrogens is 276 g/mol. The highest BCUT2D eigenvalue weighted by molar-refractivity contribution is 7.89. The van der Waals surface area contributed by atoms with Gasteiger partial charge in [0.25, 0.3) is 10.0 Å². The van der Waals surface area contributed by atoms with Crippen LogP contribution in [0.15, 0.2) is 11.2 Å². The molecule has 0 atom stereocenters. The van der Waals surface area contributed by atoms with E-state index in [0.29, 0.717) is 37.4 Å². The Kier molecular flexibility index (Phi) is 6.16. The molecule has 1 heterocycles. The van der Waals surface area contributed by atoms with E-state index in [-0.39, 0.29) is 5.03 Å². The van der Waals surface area contributed by atoms with Crippen molar-refractivity contribution >= 4 is 10.0 Å². The minimum absolute atomic E-state index is 0.134. The summed E-state index contributed by atoms with van der Waals surface area (Å²) in [4.78, 5) is 9.07. The van der Waals surface area contributed by atoms with Crippen molar-refractivity contribution in [3.8, 4) is 0 Å². The highest BCUT2D eigenvalue weighted by Crippen LogP contribution is 2.07. The van der Waals surface area contributed by atoms with Crippen LogP contribution in [0.3, 0.4) is 0 Å². The minimum Gasteiger partial charge on any atom is -0.332 e. The molecular formula is C13H26N4O2S. The smallest absolute Gasteiger partial charge is 0.257 e. The Bertz CT molecular complexity index is 500. The minimum atomic E-state index is -3.49. The van der Waals surface area contributed by atoms with Gasteiger partial charge in [-0.15, -0.1) is 0 Å². The molecule has 0 spiro atoms. The zero-order chi connectivity index (χ0) is 15.3. The molecule has 0 saturated carbocycles. The molecule has 0 aliphatic rings. The molecule has 1 aromatic rings. The van der Waals surface area contributed by atoms with Gasteiger partial charge < -0.3 is 4.98 Å². The zero-order valence-electron chi connectivity index (χ0n) is 13.0. The van der Waals surface area contributed by atoms with Crippen molar-refractivity contribution in [1.82, 2.24) is 19.6 Å². The summed E-state index contributed by atoms with van der Waals surface area (Å²) in [5, 5.41) is 0.134. The average Bonchev–Trinajstić information content (AvgIpc) is 2.83. The first-order valence-corrected chi connectivity index (χ1v) is 8.55. The number of aromatic nitrogens is 2. The lowest BCUT2D eigenvalue weighted by atomic mass is 10.2. The lowest BCUT2D eigenvalue weighted by Crippen LogP contribution is -2.42. The number of H-pyrrole nitrogens is 1. The van der Waals surface area contributed by atoms with Crippen LogP contribution in [0, 0.1) is 0 Å². The first-order valence-electron chi connectivity index (χ1n) is 7.07. The first kappa shape index (κ1) is 17.1. The Balaban J connectivity index is 2.60. The molecule has 0 aromatic carbocycles. The molecule has 0 aliphatic carbocycles. The van der Waals surface area contributed by atoms with Crippen LogP contribution in [0.2, 0.25) is 0 Å². The second kappa shape index (κ2) is 7.19. The molecule has 0 aliphatic heterocycles. The molecule has 0 amide bonds. The molecule has 20 heavy (non-hydrogen) atoms. The van der Waals surface area contributed by atoms with E-state index in [1.54, 1.807) is 0 Å². The van der Waals surface area contributed by atoms with Gasteiger partial charge in [0.2, 0.25) is 0 Å². The number of nitrogens with zero attached hydrogens (tertiary/aromatic N) is 2. The summed E-state index contributed by atoms with van der Waals surface area (Å²) < 4.78 is 26.8. The Morgan fingerprint density at radius 1 is 1.30 bits per heavy atom. The molecule has 0 unspecified atom stereocenters. The second-order valence-electron chi connectivity index (χ2n) is 5.37. The maximum absolute atomic E-state index is 12.1. The van der Waals surface area contributed by atoms with Gasteiger partial charge in [0.15, 0.2) is 5.03 Å². The number of hydrogen-bond acceptors (Lipinski definition) is 4. The summed E-state index contributed by atoms with van der Waals surface area (Å²) in [6.07, 6.45) is 2.05. The largest absolute Gasteiger partial charge is 0.332 e. The van der Waals surface area contributed by atoms with Gasteiger partial charge in [-0.2, -0.15) is 0 Å². The van der Waals surface area contributed by atoms with Crippen LogP contribution >= 0.6 is 0 Å². The number of hydrogen-bond donors (Lipinski definition) is 2. The van der Waals surface area contributed by atoms with Crippen molar-refractivity contribution in [3.05, 3.63) is 12.0 Å². The fraction of sp³-hybridized carbons (Fsp3) is 0.769. The SMILES string of the molecule is CCc1ncc(S(=O)(=O)NCCN(C(C)C)C(C)C)[nH]1. The highest BCUT2D eigenvalue weighted by atomic mass is 32.2. The number of nitrogens with one attached hydrogen (secondary N) is 2. The second-order valence-corrected chi connectivity index (χ2v) is 7.11. The molecule has 2 N–H and O–H groups in total. The third-order valence-electron chi connectivity index (χ3n) is 3.22. The summed E-state index contributed by atoms with van der Waals surface area (Å²) in [6.45, 7) is 11.4. The van der Waals surface area contributed by atoms with Crippen molar-refractivity contribution in [1.29, 1.82) is 0 Å². The van der Waals surface area contributed by atoms with Crippen molar-refractivity contribution in [2.45, 2.75) is 58.1 Å². The Hall–Kier alpha value is -0.920. The van der Waals surface area contributed by atoms with Gasteiger partial charge in [0.1, 0.15) is 5.82 Å². The van der Waals surface area contributed by atoms with Gasteiger partial charge in [-0.05, 0) is 27.7 Å². The highest BCUT2D eigenvalue weighted by Gasteiger charge is 2.18. The van der Waals surface area contributed by atoms with E-state index in [0.717, 1.165) is 0 Å². The van der Waals surface area contributed by atoms with Gasteiger partial charge in [-0.3, -0.25) is 4.90 Å². The summed E-state index contributed by atoms with van der Waals surface area (Å²) in [7, 11) is -3.49. The van der Waals surface area contributed by atoms with Crippen LogP contribution in [0.5, 0.6) is 0 Å². The monoisotopic (exact) mass is 302 g/mol. The normalized spacial score (nSPS) is 12.8. The van der Waals surface area contributed by atoms with Crippen LogP contribution in [-0.4, -0.2) is 48.5 Å². The zero-order valence-corrected chi connectivity index (χ0v) is 13.8. The van der Waals surface area contributed by atoms with Crippen LogP contribution in [0.1, 0.15) is 40.4 Å². The van der Waals surface area contributed by atoms with Gasteiger partial charge in [0.05, 0.1) is 6.20 Å². The van der Waals surface area contributed by atoms with Gasteiger partial charge in [-0.1, -0.05) is 6.92 Å². The quantitative estimate of drug-likeness (QED) is 0.760. The molecule has 7 heteroatoms. The molecule has 0 saturated heterocycles. The van der Waals surface area contributed by atoms with Gasteiger partial charge in [-0.25, -0.2) is 18.1 Å². The number of aromatic amines is 1. The Morgan fingerprint density at radius 2 is 1.90 bits per heavy atom. The number of rotatable bonds is 8. The molecule has 1 rings (SSSR count). The van der Waals surface area contributed by atoms with E-state index < -0.39 is 10.0 Å². The Morgan fingerprint density at radius 3 is 2.35 bits per heavy atom. The number of aryl methyl sites for hydroxylation is 1. The van der Waals surface area contributed by atoms with Crippen LogP contribution < -0.4 is 4.72 Å². The first-order chi connectivity index (χ1) is 9.27. The van der Waals surface area contributed by atoms with Gasteiger partial charge in [0, 0.05) is 31.6 Å². The lowest BCUT2D eigenvalue weighted by Gasteiger charge is -2.30. The molecule has 6 nitrogen and oxygen atoms in total. The lowest BCUT2D eigenvalue weighted by molar-refractivity contribution is 0.179. The van der Waals surface area contributed by atoms with E-state index in [1.165, 1.54) is 6.20 Å². The summed E-state index contributed by atoms with van der Waals surface area (Å²) in [6, 6.07) is 0.775. The van der Waals surface area contributed by atoms with E-state index in [2.05, 4.69) is 47.3 Å². The fourth-order valence-corrected chi connectivity index (χ4v) is 3.12. The summed E-state index contributed by atoms with van der Waals surface area (Å²) >= 11 is 0. The summed E-state index contributed by atoms with van der Waals surface area (Å²) in [5.41, 5.74) is 0.